The van der Waals surface area contributed by atoms with Crippen molar-refractivity contribution in [2.45, 2.75) is 76.2 Å². The van der Waals surface area contributed by atoms with Crippen LogP contribution in [0.25, 0.3) is 10.9 Å². The van der Waals surface area contributed by atoms with Crippen LogP contribution in [0.15, 0.2) is 41.5 Å². The minimum Gasteiger partial charge on any atom is -0.490 e. The zero-order valence-corrected chi connectivity index (χ0v) is 19.8. The van der Waals surface area contributed by atoms with E-state index in [4.69, 9.17) is 14.6 Å². The second kappa shape index (κ2) is 7.43. The average Bonchev–Trinajstić information content (AvgIpc) is 3.32. The number of amides is 1. The number of anilines is 1. The smallest absolute Gasteiger partial charge is 0.274 e. The van der Waals surface area contributed by atoms with E-state index in [2.05, 4.69) is 12.2 Å². The zero-order valence-electron chi connectivity index (χ0n) is 19.8. The highest BCUT2D eigenvalue weighted by molar-refractivity contribution is 6.08. The van der Waals surface area contributed by atoms with Crippen LogP contribution in [0.2, 0.25) is 0 Å². The summed E-state index contributed by atoms with van der Waals surface area (Å²) in [5.41, 5.74) is 1.06. The van der Waals surface area contributed by atoms with E-state index in [0.29, 0.717) is 17.9 Å². The summed E-state index contributed by atoms with van der Waals surface area (Å²) in [4.78, 5) is 26.2. The van der Waals surface area contributed by atoms with Crippen LogP contribution >= 0.6 is 0 Å². The van der Waals surface area contributed by atoms with Gasteiger partial charge in [0.2, 0.25) is 0 Å². The van der Waals surface area contributed by atoms with E-state index in [1.165, 1.54) is 0 Å². The maximum atomic E-state index is 13.4. The number of rotatable bonds is 6. The van der Waals surface area contributed by atoms with Crippen LogP contribution in [-0.2, 0) is 10.3 Å². The number of hydrogen-bond donors (Lipinski definition) is 1. The van der Waals surface area contributed by atoms with Gasteiger partial charge in [0.05, 0.1) is 34.9 Å². The van der Waals surface area contributed by atoms with Crippen molar-refractivity contribution in [2.24, 2.45) is 0 Å². The highest BCUT2D eigenvalue weighted by atomic mass is 16.5. The molecule has 3 aliphatic rings. The molecule has 1 aliphatic heterocycles. The van der Waals surface area contributed by atoms with Crippen LogP contribution in [0.5, 0.6) is 5.75 Å². The molecule has 2 bridgehead atoms. The summed E-state index contributed by atoms with van der Waals surface area (Å²) in [5.74, 6) is 0.0897. The summed E-state index contributed by atoms with van der Waals surface area (Å²) in [6, 6.07) is 7.33. The second-order valence-corrected chi connectivity index (χ2v) is 10.6. The highest BCUT2D eigenvalue weighted by Crippen LogP contribution is 2.51. The number of hydrogen-bond acceptors (Lipinski definition) is 5. The molecule has 8 heteroatoms. The van der Waals surface area contributed by atoms with Crippen molar-refractivity contribution in [1.82, 2.24) is 14.3 Å². The van der Waals surface area contributed by atoms with Gasteiger partial charge < -0.3 is 19.4 Å². The molecule has 0 unspecified atom stereocenters. The molecule has 1 N–H and O–H groups in total. The van der Waals surface area contributed by atoms with E-state index < -0.39 is 0 Å². The fraction of sp³-hybridized carbons (Fsp3) is 0.500. The lowest BCUT2D eigenvalue weighted by atomic mass is 9.99. The van der Waals surface area contributed by atoms with Gasteiger partial charge in [0.1, 0.15) is 11.4 Å². The van der Waals surface area contributed by atoms with E-state index >= 15 is 0 Å². The van der Waals surface area contributed by atoms with Gasteiger partial charge in [-0.25, -0.2) is 0 Å². The molecule has 1 amide bonds. The minimum atomic E-state index is -0.369. The largest absolute Gasteiger partial charge is 0.490 e. The van der Waals surface area contributed by atoms with Gasteiger partial charge in [-0.05, 0) is 64.7 Å². The lowest BCUT2D eigenvalue weighted by Crippen LogP contribution is -2.33. The van der Waals surface area contributed by atoms with Crippen LogP contribution in [0.3, 0.4) is 0 Å². The first-order valence-corrected chi connectivity index (χ1v) is 12.1. The molecule has 0 spiro atoms. The van der Waals surface area contributed by atoms with E-state index in [1.54, 1.807) is 22.9 Å². The molecule has 1 aromatic carbocycles. The minimum absolute atomic E-state index is 0.0713. The van der Waals surface area contributed by atoms with Crippen molar-refractivity contribution in [2.75, 3.05) is 11.9 Å². The molecule has 2 atom stereocenters. The Balaban J connectivity index is 1.37. The Morgan fingerprint density at radius 1 is 1.29 bits per heavy atom. The van der Waals surface area contributed by atoms with E-state index in [0.717, 1.165) is 43.0 Å². The molecule has 8 nitrogen and oxygen atoms in total. The van der Waals surface area contributed by atoms with E-state index in [-0.39, 0.29) is 40.4 Å². The predicted octanol–water partition coefficient (Wildman–Crippen LogP) is 4.24. The number of nitrogens with one attached hydrogen (secondary N) is 1. The number of fused-ring (bicyclic) bond motifs is 3. The van der Waals surface area contributed by atoms with E-state index in [9.17, 15) is 9.59 Å². The third-order valence-corrected chi connectivity index (χ3v) is 7.37. The van der Waals surface area contributed by atoms with Gasteiger partial charge in [0.25, 0.3) is 11.5 Å². The van der Waals surface area contributed by atoms with Crippen molar-refractivity contribution in [3.63, 3.8) is 0 Å². The number of carbonyl (C=O) groups is 1. The van der Waals surface area contributed by atoms with Crippen LogP contribution in [0.1, 0.15) is 69.3 Å². The number of carbonyl (C=O) groups excluding carboxylic acids is 1. The number of benzene rings is 1. The molecular formula is C26H30N4O4. The van der Waals surface area contributed by atoms with Crippen LogP contribution < -0.4 is 15.6 Å². The van der Waals surface area contributed by atoms with Crippen molar-refractivity contribution in [3.8, 4) is 5.75 Å². The third-order valence-electron chi connectivity index (χ3n) is 7.37. The highest BCUT2D eigenvalue weighted by Gasteiger charge is 2.54. The lowest BCUT2D eigenvalue weighted by Gasteiger charge is -2.26. The van der Waals surface area contributed by atoms with Gasteiger partial charge in [-0.15, -0.1) is 0 Å². The van der Waals surface area contributed by atoms with Gasteiger partial charge in [0.15, 0.2) is 0 Å². The first-order chi connectivity index (χ1) is 16.3. The van der Waals surface area contributed by atoms with Crippen LogP contribution in [0.4, 0.5) is 5.69 Å². The summed E-state index contributed by atoms with van der Waals surface area (Å²) < 4.78 is 15.8. The molecule has 3 fully saturated rings. The third kappa shape index (κ3) is 3.52. The summed E-state index contributed by atoms with van der Waals surface area (Å²) in [5, 5.41) is 8.55. The molecule has 3 aromatic rings. The molecule has 6 rings (SSSR count). The maximum Gasteiger partial charge on any atom is 0.274 e. The molecule has 0 radical (unpaired) electrons. The number of ether oxygens (including phenoxy) is 2. The second-order valence-electron chi connectivity index (χ2n) is 10.6. The quantitative estimate of drug-likeness (QED) is 0.592. The summed E-state index contributed by atoms with van der Waals surface area (Å²) in [6.07, 6.45) is 8.66. The van der Waals surface area contributed by atoms with Gasteiger partial charge in [0, 0.05) is 36.3 Å². The molecule has 1 saturated heterocycles. The van der Waals surface area contributed by atoms with Gasteiger partial charge in [-0.1, -0.05) is 0 Å². The Hall–Kier alpha value is -3.13. The Labute approximate surface area is 197 Å². The molecule has 178 valence electrons. The summed E-state index contributed by atoms with van der Waals surface area (Å²) >= 11 is 0. The first-order valence-electron chi connectivity index (χ1n) is 12.1. The van der Waals surface area contributed by atoms with E-state index in [1.807, 2.05) is 36.9 Å². The lowest BCUT2D eigenvalue weighted by molar-refractivity contribution is -0.0149. The molecule has 2 saturated carbocycles. The maximum absolute atomic E-state index is 13.4. The Morgan fingerprint density at radius 3 is 2.76 bits per heavy atom. The topological polar surface area (TPSA) is 87.4 Å². The normalized spacial score (nSPS) is 25.9. The molecular weight excluding hydrogens is 432 g/mol. The predicted molar refractivity (Wildman–Crippen MR) is 129 cm³/mol. The first kappa shape index (κ1) is 21.4. The standard InChI is InChI=1S/C26H30N4O4/c1-16(2)34-22-12-21-17(13-30(28-21)26-9-8-25(3,14-26)33-15-26)11-19(22)23(31)27-20-5-4-10-29(24(20)32)18-6-7-18/h4-5,10-13,16,18H,6-9,14-15H2,1-3H3,(H,27,31)/t25-,26-/m0/s1. The molecule has 2 aromatic heterocycles. The monoisotopic (exact) mass is 462 g/mol. The van der Waals surface area contributed by atoms with Crippen LogP contribution in [-0.4, -0.2) is 38.6 Å². The van der Waals surface area contributed by atoms with Crippen LogP contribution in [0, 0.1) is 0 Å². The molecule has 34 heavy (non-hydrogen) atoms. The fourth-order valence-corrected chi connectivity index (χ4v) is 5.45. The van der Waals surface area contributed by atoms with Crippen molar-refractivity contribution in [1.29, 1.82) is 0 Å². The van der Waals surface area contributed by atoms with Gasteiger partial charge in [-0.3, -0.25) is 14.3 Å². The zero-order chi connectivity index (χ0) is 23.7. The number of pyridine rings is 1. The van der Waals surface area contributed by atoms with Gasteiger partial charge >= 0.3 is 0 Å². The van der Waals surface area contributed by atoms with Gasteiger partial charge in [-0.2, -0.15) is 5.10 Å². The summed E-state index contributed by atoms with van der Waals surface area (Å²) in [7, 11) is 0. The molecule has 3 heterocycles. The van der Waals surface area contributed by atoms with Crippen molar-refractivity contribution >= 4 is 22.5 Å². The van der Waals surface area contributed by atoms with Crippen molar-refractivity contribution < 1.29 is 14.3 Å². The number of nitrogens with zero attached hydrogens (tertiary/aromatic N) is 3. The molecule has 2 aliphatic carbocycles. The fourth-order valence-electron chi connectivity index (χ4n) is 5.45. The van der Waals surface area contributed by atoms with Crippen molar-refractivity contribution in [3.05, 3.63) is 52.6 Å². The number of aromatic nitrogens is 3. The Kier molecular flexibility index (Phi) is 4.68. The Morgan fingerprint density at radius 2 is 2.12 bits per heavy atom. The SMILES string of the molecule is CC(C)Oc1cc2nn([C@@]34CC[C@@](C)(C3)OC4)cc2cc1C(=O)Nc1cccn(C2CC2)c1=O. The summed E-state index contributed by atoms with van der Waals surface area (Å²) in [6.45, 7) is 6.67. The Bertz CT molecular complexity index is 1340. The average molecular weight is 463 g/mol.